The van der Waals surface area contributed by atoms with Crippen LogP contribution in [0.3, 0.4) is 0 Å². The third-order valence-electron chi connectivity index (χ3n) is 7.32. The van der Waals surface area contributed by atoms with Gasteiger partial charge >= 0.3 is 11.9 Å². The van der Waals surface area contributed by atoms with Gasteiger partial charge in [0, 0.05) is 12.8 Å². The van der Waals surface area contributed by atoms with Crippen LogP contribution in [0.1, 0.15) is 130 Å². The van der Waals surface area contributed by atoms with Gasteiger partial charge in [0.1, 0.15) is 19.3 Å². The normalized spacial score (nSPS) is 15.0. The zero-order chi connectivity index (χ0) is 32.0. The minimum atomic E-state index is -1.05. The molecule has 0 heterocycles. The summed E-state index contributed by atoms with van der Waals surface area (Å²) in [4.78, 5) is 23.8. The maximum Gasteiger partial charge on any atom is 0.305 e. The minimum Gasteiger partial charge on any atom is -0.463 e. The van der Waals surface area contributed by atoms with E-state index in [1.807, 2.05) is 30.4 Å². The van der Waals surface area contributed by atoms with Crippen molar-refractivity contribution in [3.05, 3.63) is 48.6 Å². The fourth-order valence-corrected chi connectivity index (χ4v) is 4.27. The summed E-state index contributed by atoms with van der Waals surface area (Å²) in [6, 6.07) is 0. The lowest BCUT2D eigenvalue weighted by Gasteiger charge is -2.12. The van der Waals surface area contributed by atoms with Crippen LogP contribution in [0.25, 0.3) is 0 Å². The molecule has 0 aliphatic heterocycles. The highest BCUT2D eigenvalue weighted by molar-refractivity contribution is 5.69. The molecule has 43 heavy (non-hydrogen) atoms. The van der Waals surface area contributed by atoms with Gasteiger partial charge in [0.2, 0.25) is 0 Å². The number of carbonyl (C=O) groups excluding carboxylic acids is 2. The van der Waals surface area contributed by atoms with Crippen LogP contribution in [-0.4, -0.2) is 58.8 Å². The highest BCUT2D eigenvalue weighted by atomic mass is 16.6. The second-order valence-corrected chi connectivity index (χ2v) is 11.6. The molecule has 3 N–H and O–H groups in total. The Morgan fingerprint density at radius 1 is 0.628 bits per heavy atom. The fraction of sp³-hybridized carbons (Fsp3) is 0.722. The van der Waals surface area contributed by atoms with Crippen molar-refractivity contribution in [1.29, 1.82) is 0 Å². The van der Waals surface area contributed by atoms with E-state index in [9.17, 15) is 24.9 Å². The molecule has 0 aromatic rings. The first-order chi connectivity index (χ1) is 20.8. The minimum absolute atomic E-state index is 0.135. The van der Waals surface area contributed by atoms with Crippen molar-refractivity contribution in [2.75, 3.05) is 13.2 Å². The summed E-state index contributed by atoms with van der Waals surface area (Å²) in [5.41, 5.74) is 0. The Morgan fingerprint density at radius 3 is 1.67 bits per heavy atom. The number of esters is 2. The molecule has 248 valence electrons. The van der Waals surface area contributed by atoms with E-state index in [1.165, 1.54) is 32.1 Å². The quantitative estimate of drug-likeness (QED) is 0.0475. The summed E-state index contributed by atoms with van der Waals surface area (Å²) in [5.74, 6) is 0.0146. The maximum atomic E-state index is 11.9. The molecule has 0 amide bonds. The molecule has 0 aliphatic rings. The smallest absolute Gasteiger partial charge is 0.305 e. The van der Waals surface area contributed by atoms with Gasteiger partial charge in [-0.2, -0.15) is 0 Å². The van der Waals surface area contributed by atoms with Crippen LogP contribution in [0.15, 0.2) is 48.6 Å². The molecule has 0 aromatic carbocycles. The van der Waals surface area contributed by atoms with Crippen molar-refractivity contribution < 1.29 is 34.4 Å². The summed E-state index contributed by atoms with van der Waals surface area (Å²) >= 11 is 0. The highest BCUT2D eigenvalue weighted by Crippen LogP contribution is 2.14. The topological polar surface area (TPSA) is 113 Å². The summed E-state index contributed by atoms with van der Waals surface area (Å²) < 4.78 is 10.2. The molecule has 0 bridgehead atoms. The molecule has 0 rings (SSSR count). The average molecular weight is 607 g/mol. The molecule has 7 heteroatoms. The molecule has 0 aromatic heterocycles. The van der Waals surface area contributed by atoms with E-state index in [-0.39, 0.29) is 31.7 Å². The fourth-order valence-electron chi connectivity index (χ4n) is 4.27. The van der Waals surface area contributed by atoms with Crippen molar-refractivity contribution in [2.45, 2.75) is 148 Å². The number of ether oxygens (including phenoxy) is 2. The summed E-state index contributed by atoms with van der Waals surface area (Å²) in [5, 5.41) is 29.8. The average Bonchev–Trinajstić information content (AvgIpc) is 2.99. The summed E-state index contributed by atoms with van der Waals surface area (Å²) in [6.07, 6.45) is 28.1. The van der Waals surface area contributed by atoms with E-state index in [0.717, 1.165) is 57.3 Å². The van der Waals surface area contributed by atoms with Crippen molar-refractivity contribution in [3.63, 3.8) is 0 Å². The standard InChI is InChI=1S/C36H62O7/c1-4-6-16-23-32(37)24-18-13-8-7-9-14-19-25-33(38)26-21-28-36(41)43-30-34(39)29-42-35(40)27-20-15-11-10-12-17-22-31(3)5-2/h8-9,13-14,18-19,24-25,31-34,37-39H,4-7,10-12,15-17,20-23,26-30H2,1-3H3/b13-8-,14-9-,24-18+,25-19+/t31?,32-,33-,34-/m0/s1. The van der Waals surface area contributed by atoms with E-state index in [2.05, 4.69) is 20.8 Å². The molecule has 4 atom stereocenters. The van der Waals surface area contributed by atoms with E-state index in [0.29, 0.717) is 19.3 Å². The van der Waals surface area contributed by atoms with Crippen molar-refractivity contribution in [1.82, 2.24) is 0 Å². The van der Waals surface area contributed by atoms with E-state index >= 15 is 0 Å². The van der Waals surface area contributed by atoms with Gasteiger partial charge in [0.05, 0.1) is 12.2 Å². The molecular formula is C36H62O7. The van der Waals surface area contributed by atoms with Crippen molar-refractivity contribution in [3.8, 4) is 0 Å². The van der Waals surface area contributed by atoms with Gasteiger partial charge in [-0.15, -0.1) is 0 Å². The second-order valence-electron chi connectivity index (χ2n) is 11.6. The Morgan fingerprint density at radius 2 is 1.12 bits per heavy atom. The van der Waals surface area contributed by atoms with Crippen LogP contribution in [0.4, 0.5) is 0 Å². The lowest BCUT2D eigenvalue weighted by atomic mass is 10.00. The number of rotatable bonds is 28. The Bertz CT molecular complexity index is 786. The zero-order valence-corrected chi connectivity index (χ0v) is 27.3. The third kappa shape index (κ3) is 29.6. The Balaban J connectivity index is 3.78. The lowest BCUT2D eigenvalue weighted by Crippen LogP contribution is -2.25. The molecule has 0 aliphatic carbocycles. The third-order valence-corrected chi connectivity index (χ3v) is 7.32. The van der Waals surface area contributed by atoms with Gasteiger partial charge < -0.3 is 24.8 Å². The molecule has 0 saturated carbocycles. The van der Waals surface area contributed by atoms with Crippen LogP contribution < -0.4 is 0 Å². The first-order valence-electron chi connectivity index (χ1n) is 16.8. The van der Waals surface area contributed by atoms with Gasteiger partial charge in [-0.1, -0.05) is 134 Å². The highest BCUT2D eigenvalue weighted by Gasteiger charge is 2.12. The Labute approximate surface area is 262 Å². The van der Waals surface area contributed by atoms with E-state index in [1.54, 1.807) is 18.2 Å². The first kappa shape index (κ1) is 40.8. The number of hydrogen-bond donors (Lipinski definition) is 3. The SMILES string of the molecule is CCCCC[C@H](O)/C=C/C=C\C/C=C\C=C\[C@H](O)CCCC(=O)OC[C@@H](O)COC(=O)CCCCCCCCC(C)CC. The molecule has 0 saturated heterocycles. The largest absolute Gasteiger partial charge is 0.463 e. The summed E-state index contributed by atoms with van der Waals surface area (Å²) in [7, 11) is 0. The van der Waals surface area contributed by atoms with Gasteiger partial charge in [0.25, 0.3) is 0 Å². The number of allylic oxidation sites excluding steroid dienone is 6. The predicted octanol–water partition coefficient (Wildman–Crippen LogP) is 7.69. The monoisotopic (exact) mass is 606 g/mol. The van der Waals surface area contributed by atoms with Crippen molar-refractivity contribution in [2.24, 2.45) is 5.92 Å². The first-order valence-corrected chi connectivity index (χ1v) is 16.8. The van der Waals surface area contributed by atoms with Crippen LogP contribution in [0.2, 0.25) is 0 Å². The van der Waals surface area contributed by atoms with Gasteiger partial charge in [-0.25, -0.2) is 0 Å². The van der Waals surface area contributed by atoms with Crippen LogP contribution in [-0.2, 0) is 19.1 Å². The van der Waals surface area contributed by atoms with Gasteiger partial charge in [-0.05, 0) is 38.0 Å². The predicted molar refractivity (Wildman–Crippen MR) is 175 cm³/mol. The van der Waals surface area contributed by atoms with Gasteiger partial charge in [0.15, 0.2) is 0 Å². The Kier molecular flexibility index (Phi) is 28.3. The molecule has 0 fully saturated rings. The maximum absolute atomic E-state index is 11.9. The summed E-state index contributed by atoms with van der Waals surface area (Å²) in [6.45, 7) is 6.26. The van der Waals surface area contributed by atoms with Gasteiger partial charge in [-0.3, -0.25) is 9.59 Å². The molecule has 0 spiro atoms. The number of aliphatic hydroxyl groups is 3. The van der Waals surface area contributed by atoms with Crippen molar-refractivity contribution >= 4 is 11.9 Å². The van der Waals surface area contributed by atoms with E-state index < -0.39 is 18.2 Å². The van der Waals surface area contributed by atoms with E-state index in [4.69, 9.17) is 9.47 Å². The van der Waals surface area contributed by atoms with Crippen LogP contribution in [0.5, 0.6) is 0 Å². The number of unbranched alkanes of at least 4 members (excludes halogenated alkanes) is 7. The number of hydrogen-bond acceptors (Lipinski definition) is 7. The molecule has 7 nitrogen and oxygen atoms in total. The zero-order valence-electron chi connectivity index (χ0n) is 27.3. The van der Waals surface area contributed by atoms with Crippen LogP contribution >= 0.6 is 0 Å². The lowest BCUT2D eigenvalue weighted by molar-refractivity contribution is -0.152. The van der Waals surface area contributed by atoms with Crippen LogP contribution in [0, 0.1) is 5.92 Å². The number of aliphatic hydroxyl groups excluding tert-OH is 3. The second kappa shape index (κ2) is 29.8. The number of carbonyl (C=O) groups is 2. The molecular weight excluding hydrogens is 544 g/mol. The molecule has 0 radical (unpaired) electrons. The Hall–Kier alpha value is -2.22. The molecule has 1 unspecified atom stereocenters.